The second kappa shape index (κ2) is 3.56. The third-order valence-corrected chi connectivity index (χ3v) is 2.98. The fourth-order valence-corrected chi connectivity index (χ4v) is 1.74. The number of anilines is 1. The van der Waals surface area contributed by atoms with Crippen LogP contribution in [-0.4, -0.2) is 11.5 Å². The number of aromatic nitrogens is 1. The summed E-state index contributed by atoms with van der Waals surface area (Å²) >= 11 is 0. The molecule has 1 aliphatic rings. The summed E-state index contributed by atoms with van der Waals surface area (Å²) < 4.78 is 12.5. The summed E-state index contributed by atoms with van der Waals surface area (Å²) in [6.45, 7) is 3.21. The van der Waals surface area contributed by atoms with Gasteiger partial charge >= 0.3 is 0 Å². The Morgan fingerprint density at radius 2 is 2.29 bits per heavy atom. The van der Waals surface area contributed by atoms with Crippen molar-refractivity contribution in [3.05, 3.63) is 24.1 Å². The Bertz CT molecular complexity index is 304. The smallest absolute Gasteiger partial charge is 0.141 e. The molecule has 1 aliphatic carbocycles. The van der Waals surface area contributed by atoms with Gasteiger partial charge in [-0.3, -0.25) is 0 Å². The molecule has 0 aliphatic heterocycles. The van der Waals surface area contributed by atoms with Crippen molar-refractivity contribution in [2.24, 2.45) is 5.41 Å². The average Bonchev–Trinajstić information content (AvgIpc) is 2.14. The molecular weight excluding hydrogens is 179 g/mol. The molecule has 0 aromatic carbocycles. The number of hydrogen-bond acceptors (Lipinski definition) is 2. The van der Waals surface area contributed by atoms with Crippen LogP contribution in [0.1, 0.15) is 26.2 Å². The molecule has 0 spiro atoms. The van der Waals surface area contributed by atoms with Gasteiger partial charge in [-0.15, -0.1) is 0 Å². The van der Waals surface area contributed by atoms with E-state index in [0.29, 0.717) is 5.41 Å². The summed E-state index contributed by atoms with van der Waals surface area (Å²) in [6.07, 6.45) is 5.13. The molecule has 1 aromatic heterocycles. The van der Waals surface area contributed by atoms with E-state index in [1.165, 1.54) is 31.5 Å². The van der Waals surface area contributed by atoms with Gasteiger partial charge in [-0.25, -0.2) is 9.37 Å². The van der Waals surface area contributed by atoms with Crippen molar-refractivity contribution in [2.75, 3.05) is 11.9 Å². The lowest BCUT2D eigenvalue weighted by Crippen LogP contribution is -2.33. The van der Waals surface area contributed by atoms with E-state index in [1.54, 1.807) is 6.07 Å². The Balaban J connectivity index is 1.88. The van der Waals surface area contributed by atoms with Crippen molar-refractivity contribution in [3.8, 4) is 0 Å². The van der Waals surface area contributed by atoms with Crippen LogP contribution in [0.4, 0.5) is 10.2 Å². The molecule has 0 atom stereocenters. The molecule has 0 bridgehead atoms. The van der Waals surface area contributed by atoms with Crippen LogP contribution < -0.4 is 5.32 Å². The van der Waals surface area contributed by atoms with Crippen molar-refractivity contribution in [2.45, 2.75) is 26.2 Å². The van der Waals surface area contributed by atoms with Crippen molar-refractivity contribution in [1.82, 2.24) is 4.98 Å². The molecule has 2 rings (SSSR count). The zero-order valence-corrected chi connectivity index (χ0v) is 8.39. The van der Waals surface area contributed by atoms with Crippen molar-refractivity contribution in [1.29, 1.82) is 0 Å². The van der Waals surface area contributed by atoms with Crippen LogP contribution in [0.15, 0.2) is 18.3 Å². The third-order valence-electron chi connectivity index (χ3n) is 2.98. The summed E-state index contributed by atoms with van der Waals surface area (Å²) in [5, 5.41) is 3.24. The highest BCUT2D eigenvalue weighted by Crippen LogP contribution is 2.39. The maximum atomic E-state index is 12.5. The zero-order valence-electron chi connectivity index (χ0n) is 8.39. The third kappa shape index (κ3) is 2.03. The van der Waals surface area contributed by atoms with E-state index >= 15 is 0 Å². The van der Waals surface area contributed by atoms with E-state index in [9.17, 15) is 4.39 Å². The van der Waals surface area contributed by atoms with Crippen molar-refractivity contribution < 1.29 is 4.39 Å². The van der Waals surface area contributed by atoms with Gasteiger partial charge < -0.3 is 5.32 Å². The van der Waals surface area contributed by atoms with Crippen LogP contribution in [0, 0.1) is 11.2 Å². The van der Waals surface area contributed by atoms with Gasteiger partial charge in [0.2, 0.25) is 0 Å². The average molecular weight is 194 g/mol. The highest BCUT2D eigenvalue weighted by molar-refractivity contribution is 5.33. The first kappa shape index (κ1) is 9.44. The van der Waals surface area contributed by atoms with Crippen molar-refractivity contribution >= 4 is 5.82 Å². The molecular formula is C11H15FN2. The fraction of sp³-hybridized carbons (Fsp3) is 0.545. The molecule has 0 unspecified atom stereocenters. The van der Waals surface area contributed by atoms with E-state index in [-0.39, 0.29) is 5.82 Å². The van der Waals surface area contributed by atoms with E-state index in [0.717, 1.165) is 12.4 Å². The predicted molar refractivity (Wildman–Crippen MR) is 54.6 cm³/mol. The van der Waals surface area contributed by atoms with Crippen LogP contribution in [0.25, 0.3) is 0 Å². The molecule has 2 nitrogen and oxygen atoms in total. The highest BCUT2D eigenvalue weighted by atomic mass is 19.1. The lowest BCUT2D eigenvalue weighted by molar-refractivity contribution is 0.180. The first-order valence-electron chi connectivity index (χ1n) is 5.03. The van der Waals surface area contributed by atoms with Gasteiger partial charge in [0.15, 0.2) is 0 Å². The molecule has 0 amide bonds. The quantitative estimate of drug-likeness (QED) is 0.800. The predicted octanol–water partition coefficient (Wildman–Crippen LogP) is 2.82. The van der Waals surface area contributed by atoms with Gasteiger partial charge in [0, 0.05) is 6.54 Å². The summed E-state index contributed by atoms with van der Waals surface area (Å²) in [7, 11) is 0. The molecule has 3 heteroatoms. The van der Waals surface area contributed by atoms with Gasteiger partial charge in [0.05, 0.1) is 6.20 Å². The van der Waals surface area contributed by atoms with Gasteiger partial charge in [-0.1, -0.05) is 13.3 Å². The van der Waals surface area contributed by atoms with Gasteiger partial charge in [-0.05, 0) is 30.4 Å². The molecule has 1 heterocycles. The normalized spacial score (nSPS) is 18.7. The Kier molecular flexibility index (Phi) is 2.40. The van der Waals surface area contributed by atoms with Gasteiger partial charge in [-0.2, -0.15) is 0 Å². The molecule has 0 saturated heterocycles. The summed E-state index contributed by atoms with van der Waals surface area (Å²) in [5.41, 5.74) is 0.427. The largest absolute Gasteiger partial charge is 0.370 e. The number of rotatable bonds is 3. The zero-order chi connectivity index (χ0) is 10.0. The molecule has 14 heavy (non-hydrogen) atoms. The van der Waals surface area contributed by atoms with E-state index in [4.69, 9.17) is 0 Å². The first-order valence-corrected chi connectivity index (χ1v) is 5.03. The minimum absolute atomic E-state index is 0.287. The van der Waals surface area contributed by atoms with Crippen LogP contribution >= 0.6 is 0 Å². The fourth-order valence-electron chi connectivity index (χ4n) is 1.74. The number of nitrogens with zero attached hydrogens (tertiary/aromatic N) is 1. The van der Waals surface area contributed by atoms with Gasteiger partial charge in [0.1, 0.15) is 11.6 Å². The number of halogens is 1. The van der Waals surface area contributed by atoms with Crippen LogP contribution in [0.5, 0.6) is 0 Å². The minimum Gasteiger partial charge on any atom is -0.370 e. The summed E-state index contributed by atoms with van der Waals surface area (Å²) in [4.78, 5) is 3.95. The highest BCUT2D eigenvalue weighted by Gasteiger charge is 2.31. The van der Waals surface area contributed by atoms with E-state index < -0.39 is 0 Å². The topological polar surface area (TPSA) is 24.9 Å². The second-order valence-corrected chi connectivity index (χ2v) is 4.38. The Hall–Kier alpha value is -1.12. The number of nitrogens with one attached hydrogen (secondary N) is 1. The molecule has 1 aromatic rings. The Morgan fingerprint density at radius 1 is 1.50 bits per heavy atom. The maximum absolute atomic E-state index is 12.5. The summed E-state index contributed by atoms with van der Waals surface area (Å²) in [5.74, 6) is 0.477. The van der Waals surface area contributed by atoms with E-state index in [1.807, 2.05) is 0 Å². The monoisotopic (exact) mass is 194 g/mol. The number of hydrogen-bond donors (Lipinski definition) is 1. The van der Waals surface area contributed by atoms with E-state index in [2.05, 4.69) is 17.2 Å². The SMILES string of the molecule is CC1(CNc2ccc(F)cn2)CCC1. The molecule has 1 fully saturated rings. The lowest BCUT2D eigenvalue weighted by Gasteiger charge is -2.38. The first-order chi connectivity index (χ1) is 6.68. The maximum Gasteiger partial charge on any atom is 0.141 e. The molecule has 1 N–H and O–H groups in total. The molecule has 0 radical (unpaired) electrons. The van der Waals surface area contributed by atoms with Crippen LogP contribution in [0.2, 0.25) is 0 Å². The standard InChI is InChI=1S/C11H15FN2/c1-11(5-2-6-11)8-14-10-4-3-9(12)7-13-10/h3-4,7H,2,5-6,8H2,1H3,(H,13,14). The van der Waals surface area contributed by atoms with Crippen molar-refractivity contribution in [3.63, 3.8) is 0 Å². The van der Waals surface area contributed by atoms with Crippen LogP contribution in [0.3, 0.4) is 0 Å². The summed E-state index contributed by atoms with van der Waals surface area (Å²) in [6, 6.07) is 3.11. The number of pyridine rings is 1. The van der Waals surface area contributed by atoms with Gasteiger partial charge in [0.25, 0.3) is 0 Å². The Morgan fingerprint density at radius 3 is 2.79 bits per heavy atom. The second-order valence-electron chi connectivity index (χ2n) is 4.38. The minimum atomic E-state index is -0.287. The lowest BCUT2D eigenvalue weighted by atomic mass is 9.70. The Labute approximate surface area is 83.6 Å². The van der Waals surface area contributed by atoms with Crippen LogP contribution in [-0.2, 0) is 0 Å². The molecule has 1 saturated carbocycles. The molecule has 76 valence electrons.